The minimum Gasteiger partial charge on any atom is -0.0289 e. The van der Waals surface area contributed by atoms with Crippen molar-refractivity contribution in [3.8, 4) is 0 Å². The van der Waals surface area contributed by atoms with Crippen LogP contribution in [0.15, 0.2) is 0 Å². The Morgan fingerprint density at radius 3 is 1.60 bits per heavy atom. The first-order chi connectivity index (χ1) is 2.27. The van der Waals surface area contributed by atoms with Gasteiger partial charge in [0.1, 0.15) is 0 Å². The second-order valence-electron chi connectivity index (χ2n) is 1.58. The highest BCUT2D eigenvalue weighted by Crippen LogP contribution is 2.09. The lowest BCUT2D eigenvalue weighted by Gasteiger charge is -1.83. The average molecular weight is 91.1 g/mol. The van der Waals surface area contributed by atoms with Crippen LogP contribution in [0.25, 0.3) is 0 Å². The SMILES string of the molecule is C[PH2+]C(C)C. The van der Waals surface area contributed by atoms with Crippen LogP contribution < -0.4 is 0 Å². The second-order valence-corrected chi connectivity index (χ2v) is 3.58. The van der Waals surface area contributed by atoms with Crippen molar-refractivity contribution < 1.29 is 0 Å². The zero-order valence-corrected chi connectivity index (χ0v) is 5.31. The first kappa shape index (κ1) is 5.43. The van der Waals surface area contributed by atoms with Gasteiger partial charge in [0, 0.05) is 6.66 Å². The molecule has 0 aliphatic rings. The van der Waals surface area contributed by atoms with Crippen LogP contribution in [0.3, 0.4) is 0 Å². The molecule has 0 aliphatic heterocycles. The monoisotopic (exact) mass is 91.1 g/mol. The van der Waals surface area contributed by atoms with Crippen molar-refractivity contribution in [2.75, 3.05) is 6.66 Å². The molecule has 0 fully saturated rings. The summed E-state index contributed by atoms with van der Waals surface area (Å²) in [5.41, 5.74) is 0.968. The van der Waals surface area contributed by atoms with E-state index in [2.05, 4.69) is 20.5 Å². The van der Waals surface area contributed by atoms with E-state index in [1.165, 1.54) is 0 Å². The van der Waals surface area contributed by atoms with E-state index in [9.17, 15) is 0 Å². The second kappa shape index (κ2) is 2.66. The fourth-order valence-electron chi connectivity index (χ4n) is 0. The summed E-state index contributed by atoms with van der Waals surface area (Å²) in [5.74, 6) is 0. The maximum Gasteiger partial charge on any atom is 0.0593 e. The van der Waals surface area contributed by atoms with Gasteiger partial charge in [0.25, 0.3) is 0 Å². The molecular formula is C4H12P+. The summed E-state index contributed by atoms with van der Waals surface area (Å²) >= 11 is 0. The van der Waals surface area contributed by atoms with Gasteiger partial charge in [0.2, 0.25) is 0 Å². The zero-order valence-electron chi connectivity index (χ0n) is 4.15. The molecule has 0 aliphatic carbocycles. The van der Waals surface area contributed by atoms with E-state index in [1.54, 1.807) is 0 Å². The summed E-state index contributed by atoms with van der Waals surface area (Å²) in [4.78, 5) is 0. The molecule has 5 heavy (non-hydrogen) atoms. The Labute approximate surface area is 35.7 Å². The zero-order chi connectivity index (χ0) is 4.28. The first-order valence-electron chi connectivity index (χ1n) is 2.07. The van der Waals surface area contributed by atoms with Gasteiger partial charge in [-0.3, -0.25) is 0 Å². The number of rotatable bonds is 1. The standard InChI is InChI=1S/C4H11P/c1-4(2)5-3/h4-5H,1-3H3/p+1. The Kier molecular flexibility index (Phi) is 2.88. The molecule has 0 nitrogen and oxygen atoms in total. The minimum atomic E-state index is 0.731. The highest BCUT2D eigenvalue weighted by molar-refractivity contribution is 7.37. The van der Waals surface area contributed by atoms with E-state index in [0.29, 0.717) is 0 Å². The third kappa shape index (κ3) is 4.43. The van der Waals surface area contributed by atoms with Crippen LogP contribution in [0.2, 0.25) is 0 Å². The molecule has 0 saturated carbocycles. The van der Waals surface area contributed by atoms with Crippen molar-refractivity contribution >= 4 is 8.58 Å². The van der Waals surface area contributed by atoms with Gasteiger partial charge in [-0.15, -0.1) is 0 Å². The largest absolute Gasteiger partial charge is 0.0593 e. The summed E-state index contributed by atoms with van der Waals surface area (Å²) < 4.78 is 0. The van der Waals surface area contributed by atoms with Gasteiger partial charge in [0.15, 0.2) is 0 Å². The fourth-order valence-corrected chi connectivity index (χ4v) is 0. The highest BCUT2D eigenvalue weighted by atomic mass is 31.1. The van der Waals surface area contributed by atoms with Crippen molar-refractivity contribution in [1.29, 1.82) is 0 Å². The van der Waals surface area contributed by atoms with E-state index in [1.807, 2.05) is 0 Å². The highest BCUT2D eigenvalue weighted by Gasteiger charge is 1.87. The molecule has 32 valence electrons. The average Bonchev–Trinajstić information content (AvgIpc) is 1.38. The molecule has 0 aromatic heterocycles. The van der Waals surface area contributed by atoms with Crippen LogP contribution in [0.1, 0.15) is 13.8 Å². The predicted octanol–water partition coefficient (Wildman–Crippen LogP) is 1.44. The molecule has 1 atom stereocenters. The van der Waals surface area contributed by atoms with E-state index >= 15 is 0 Å². The molecule has 0 radical (unpaired) electrons. The molecular weight excluding hydrogens is 79.0 g/mol. The van der Waals surface area contributed by atoms with Gasteiger partial charge < -0.3 is 0 Å². The Bertz CT molecular complexity index is 17.6. The van der Waals surface area contributed by atoms with Gasteiger partial charge in [-0.25, -0.2) is 0 Å². The summed E-state index contributed by atoms with van der Waals surface area (Å²) in [5, 5.41) is 0. The van der Waals surface area contributed by atoms with E-state index < -0.39 is 0 Å². The number of hydrogen-bond donors (Lipinski definition) is 0. The van der Waals surface area contributed by atoms with Crippen molar-refractivity contribution in [2.24, 2.45) is 0 Å². The lowest BCUT2D eigenvalue weighted by atomic mass is 10.6. The van der Waals surface area contributed by atoms with Crippen molar-refractivity contribution in [3.63, 3.8) is 0 Å². The van der Waals surface area contributed by atoms with E-state index in [0.717, 1.165) is 14.2 Å². The lowest BCUT2D eigenvalue weighted by molar-refractivity contribution is 1.11. The van der Waals surface area contributed by atoms with Gasteiger partial charge in [-0.1, -0.05) is 0 Å². The molecule has 0 amide bonds. The first-order valence-corrected chi connectivity index (χ1v) is 3.89. The summed E-state index contributed by atoms with van der Waals surface area (Å²) in [7, 11) is 0.731. The Balaban J connectivity index is 2.54. The van der Waals surface area contributed by atoms with Gasteiger partial charge in [-0.05, 0) is 22.4 Å². The fraction of sp³-hybridized carbons (Fsp3) is 1.00. The molecule has 0 spiro atoms. The Hall–Kier alpha value is 0.430. The molecule has 0 bridgehead atoms. The lowest BCUT2D eigenvalue weighted by Crippen LogP contribution is -1.76. The van der Waals surface area contributed by atoms with Crippen LogP contribution in [0.5, 0.6) is 0 Å². The Morgan fingerprint density at radius 1 is 1.40 bits per heavy atom. The van der Waals surface area contributed by atoms with Crippen LogP contribution in [0.4, 0.5) is 0 Å². The van der Waals surface area contributed by atoms with Gasteiger partial charge in [0.05, 0.1) is 5.66 Å². The molecule has 1 unspecified atom stereocenters. The summed E-state index contributed by atoms with van der Waals surface area (Å²) in [6.45, 7) is 6.80. The van der Waals surface area contributed by atoms with Gasteiger partial charge in [-0.2, -0.15) is 0 Å². The van der Waals surface area contributed by atoms with Crippen molar-refractivity contribution in [2.45, 2.75) is 19.5 Å². The quantitative estimate of drug-likeness (QED) is 0.428. The van der Waals surface area contributed by atoms with Gasteiger partial charge >= 0.3 is 0 Å². The normalized spacial score (nSPS) is 12.0. The predicted molar refractivity (Wildman–Crippen MR) is 30.8 cm³/mol. The van der Waals surface area contributed by atoms with Crippen molar-refractivity contribution in [3.05, 3.63) is 0 Å². The molecule has 0 aromatic rings. The molecule has 0 aromatic carbocycles. The molecule has 1 heteroatoms. The summed E-state index contributed by atoms with van der Waals surface area (Å²) in [6, 6.07) is 0. The van der Waals surface area contributed by atoms with Crippen LogP contribution in [-0.4, -0.2) is 12.3 Å². The van der Waals surface area contributed by atoms with Crippen LogP contribution in [-0.2, 0) is 0 Å². The van der Waals surface area contributed by atoms with Crippen LogP contribution in [0, 0.1) is 0 Å². The van der Waals surface area contributed by atoms with E-state index in [4.69, 9.17) is 0 Å². The third-order valence-electron chi connectivity index (χ3n) is 0.667. The third-order valence-corrected chi connectivity index (χ3v) is 2.00. The minimum absolute atomic E-state index is 0.731. The topological polar surface area (TPSA) is 0 Å². The smallest absolute Gasteiger partial charge is 0.0289 e. The maximum absolute atomic E-state index is 2.28. The molecule has 0 heterocycles. The van der Waals surface area contributed by atoms with Crippen molar-refractivity contribution in [1.82, 2.24) is 0 Å². The van der Waals surface area contributed by atoms with E-state index in [-0.39, 0.29) is 0 Å². The van der Waals surface area contributed by atoms with Crippen LogP contribution >= 0.6 is 8.58 Å². The molecule has 0 N–H and O–H groups in total. The maximum atomic E-state index is 2.28. The Morgan fingerprint density at radius 2 is 1.60 bits per heavy atom. The summed E-state index contributed by atoms with van der Waals surface area (Å²) in [6.07, 6.45) is 0. The number of hydrogen-bond acceptors (Lipinski definition) is 0. The molecule has 0 rings (SSSR count). The molecule has 0 saturated heterocycles.